The Hall–Kier alpha value is -1.40. The van der Waals surface area contributed by atoms with E-state index in [0.29, 0.717) is 31.2 Å². The van der Waals surface area contributed by atoms with Gasteiger partial charge in [0, 0.05) is 26.3 Å². The summed E-state index contributed by atoms with van der Waals surface area (Å²) in [5, 5.41) is 1.89. The van der Waals surface area contributed by atoms with Crippen molar-refractivity contribution in [2.24, 2.45) is 0 Å². The molecule has 3 rings (SSSR count). The van der Waals surface area contributed by atoms with Gasteiger partial charge in [-0.05, 0) is 31.2 Å². The molecule has 1 aromatic rings. The van der Waals surface area contributed by atoms with Gasteiger partial charge in [-0.15, -0.1) is 11.3 Å². The Bertz CT molecular complexity index is 523. The largest absolute Gasteiger partial charge is 0.381 e. The monoisotopic (exact) mass is 308 g/mol. The molecule has 1 aromatic heterocycles. The lowest BCUT2D eigenvalue weighted by molar-refractivity contribution is -0.150. The lowest BCUT2D eigenvalue weighted by Crippen LogP contribution is -2.67. The quantitative estimate of drug-likeness (QED) is 0.834. The zero-order valence-electron chi connectivity index (χ0n) is 12.2. The SMILES string of the molecule is CCN1C(=O)CN(C(=O)c2cccs2)CC12CCOCC2. The molecule has 0 unspecified atom stereocenters. The summed E-state index contributed by atoms with van der Waals surface area (Å²) in [5.74, 6) is 0.0236. The van der Waals surface area contributed by atoms with Crippen LogP contribution in [0.4, 0.5) is 0 Å². The number of amides is 2. The van der Waals surface area contributed by atoms with Crippen LogP contribution in [0.2, 0.25) is 0 Å². The van der Waals surface area contributed by atoms with Gasteiger partial charge in [-0.3, -0.25) is 9.59 Å². The molecular formula is C15H20N2O3S. The summed E-state index contributed by atoms with van der Waals surface area (Å²) >= 11 is 1.43. The standard InChI is InChI=1S/C15H20N2O3S/c1-2-17-13(18)10-16(14(19)12-4-3-9-21-12)11-15(17)5-7-20-8-6-15/h3-4,9H,2,5-8,10-11H2,1H3. The number of thiophene rings is 1. The Morgan fingerprint density at radius 2 is 2.19 bits per heavy atom. The summed E-state index contributed by atoms with van der Waals surface area (Å²) in [6, 6.07) is 3.69. The van der Waals surface area contributed by atoms with Gasteiger partial charge >= 0.3 is 0 Å². The molecule has 114 valence electrons. The molecular weight excluding hydrogens is 288 g/mol. The van der Waals surface area contributed by atoms with Crippen molar-refractivity contribution in [3.05, 3.63) is 22.4 Å². The van der Waals surface area contributed by atoms with Gasteiger partial charge in [0.15, 0.2) is 0 Å². The molecule has 1 spiro atoms. The fraction of sp³-hybridized carbons (Fsp3) is 0.600. The van der Waals surface area contributed by atoms with Crippen LogP contribution < -0.4 is 0 Å². The first-order valence-electron chi connectivity index (χ1n) is 7.37. The maximum Gasteiger partial charge on any atom is 0.264 e. The second kappa shape index (κ2) is 5.77. The minimum atomic E-state index is -0.241. The molecule has 0 N–H and O–H groups in total. The van der Waals surface area contributed by atoms with Gasteiger partial charge < -0.3 is 14.5 Å². The molecule has 0 aliphatic carbocycles. The van der Waals surface area contributed by atoms with Crippen molar-refractivity contribution >= 4 is 23.2 Å². The Labute approximate surface area is 128 Å². The molecule has 21 heavy (non-hydrogen) atoms. The molecule has 0 bridgehead atoms. The number of piperazine rings is 1. The van der Waals surface area contributed by atoms with Crippen molar-refractivity contribution in [1.29, 1.82) is 0 Å². The number of carbonyl (C=O) groups excluding carboxylic acids is 2. The summed E-state index contributed by atoms with van der Waals surface area (Å²) in [6.07, 6.45) is 1.61. The van der Waals surface area contributed by atoms with E-state index in [1.807, 2.05) is 29.3 Å². The molecule has 2 amide bonds. The molecule has 0 radical (unpaired) electrons. The number of hydrogen-bond donors (Lipinski definition) is 0. The fourth-order valence-corrected chi connectivity index (χ4v) is 4.09. The molecule has 2 aliphatic heterocycles. The molecule has 2 saturated heterocycles. The van der Waals surface area contributed by atoms with E-state index in [2.05, 4.69) is 0 Å². The molecule has 0 atom stereocenters. The molecule has 2 aliphatic rings. The summed E-state index contributed by atoms with van der Waals surface area (Å²) in [7, 11) is 0. The smallest absolute Gasteiger partial charge is 0.264 e. The van der Waals surface area contributed by atoms with Gasteiger partial charge in [0.1, 0.15) is 6.54 Å². The predicted octanol–water partition coefficient (Wildman–Crippen LogP) is 1.60. The van der Waals surface area contributed by atoms with E-state index < -0.39 is 0 Å². The molecule has 5 nitrogen and oxygen atoms in total. The van der Waals surface area contributed by atoms with Crippen molar-refractivity contribution in [3.8, 4) is 0 Å². The van der Waals surface area contributed by atoms with Crippen LogP contribution in [0.25, 0.3) is 0 Å². The maximum atomic E-state index is 12.6. The first kappa shape index (κ1) is 14.5. The van der Waals surface area contributed by atoms with Crippen molar-refractivity contribution in [3.63, 3.8) is 0 Å². The highest BCUT2D eigenvalue weighted by atomic mass is 32.1. The van der Waals surface area contributed by atoms with Crippen molar-refractivity contribution in [2.75, 3.05) is 32.8 Å². The average molecular weight is 308 g/mol. The van der Waals surface area contributed by atoms with Gasteiger partial charge in [0.2, 0.25) is 5.91 Å². The predicted molar refractivity (Wildman–Crippen MR) is 80.4 cm³/mol. The highest BCUT2D eigenvalue weighted by Crippen LogP contribution is 2.33. The second-order valence-electron chi connectivity index (χ2n) is 5.61. The van der Waals surface area contributed by atoms with E-state index in [1.54, 1.807) is 4.90 Å². The molecule has 3 heterocycles. The zero-order chi connectivity index (χ0) is 14.9. The van der Waals surface area contributed by atoms with Crippen molar-refractivity contribution in [2.45, 2.75) is 25.3 Å². The Morgan fingerprint density at radius 1 is 1.43 bits per heavy atom. The number of ether oxygens (including phenoxy) is 1. The highest BCUT2D eigenvalue weighted by molar-refractivity contribution is 7.12. The van der Waals surface area contributed by atoms with E-state index in [-0.39, 0.29) is 23.9 Å². The van der Waals surface area contributed by atoms with Crippen LogP contribution in [0, 0.1) is 0 Å². The van der Waals surface area contributed by atoms with Crippen LogP contribution in [0.5, 0.6) is 0 Å². The lowest BCUT2D eigenvalue weighted by Gasteiger charge is -2.52. The number of carbonyl (C=O) groups is 2. The molecule has 2 fully saturated rings. The van der Waals surface area contributed by atoms with Crippen LogP contribution in [-0.4, -0.2) is 60.0 Å². The van der Waals surface area contributed by atoms with Gasteiger partial charge in [-0.2, -0.15) is 0 Å². The number of nitrogens with zero attached hydrogens (tertiary/aromatic N) is 2. The van der Waals surface area contributed by atoms with Crippen LogP contribution in [0.3, 0.4) is 0 Å². The first-order chi connectivity index (χ1) is 10.2. The van der Waals surface area contributed by atoms with Gasteiger partial charge in [0.25, 0.3) is 5.91 Å². The third-order valence-corrected chi connectivity index (χ3v) is 5.30. The third-order valence-electron chi connectivity index (χ3n) is 4.44. The topological polar surface area (TPSA) is 49.9 Å². The Morgan fingerprint density at radius 3 is 2.81 bits per heavy atom. The zero-order valence-corrected chi connectivity index (χ0v) is 13.0. The van der Waals surface area contributed by atoms with E-state index in [9.17, 15) is 9.59 Å². The van der Waals surface area contributed by atoms with Crippen LogP contribution in [-0.2, 0) is 9.53 Å². The lowest BCUT2D eigenvalue weighted by atomic mass is 9.85. The molecule has 0 saturated carbocycles. The second-order valence-corrected chi connectivity index (χ2v) is 6.56. The fourth-order valence-electron chi connectivity index (χ4n) is 3.40. The Kier molecular flexibility index (Phi) is 3.99. The maximum absolute atomic E-state index is 12.6. The molecule has 6 heteroatoms. The summed E-state index contributed by atoms with van der Waals surface area (Å²) in [6.45, 7) is 4.82. The normalized spacial score (nSPS) is 21.9. The van der Waals surface area contributed by atoms with E-state index in [0.717, 1.165) is 12.8 Å². The van der Waals surface area contributed by atoms with Gasteiger partial charge in [-0.1, -0.05) is 6.07 Å². The minimum Gasteiger partial charge on any atom is -0.381 e. The number of rotatable bonds is 2. The van der Waals surface area contributed by atoms with Crippen molar-refractivity contribution in [1.82, 2.24) is 9.80 Å². The number of hydrogen-bond acceptors (Lipinski definition) is 4. The Balaban J connectivity index is 1.85. The first-order valence-corrected chi connectivity index (χ1v) is 8.25. The summed E-state index contributed by atoms with van der Waals surface area (Å²) in [4.78, 5) is 29.4. The van der Waals surface area contributed by atoms with Crippen LogP contribution in [0.15, 0.2) is 17.5 Å². The van der Waals surface area contributed by atoms with Gasteiger partial charge in [0.05, 0.1) is 10.4 Å². The van der Waals surface area contributed by atoms with Crippen molar-refractivity contribution < 1.29 is 14.3 Å². The highest BCUT2D eigenvalue weighted by Gasteiger charge is 2.46. The summed E-state index contributed by atoms with van der Waals surface area (Å²) < 4.78 is 5.45. The summed E-state index contributed by atoms with van der Waals surface area (Å²) in [5.41, 5.74) is -0.241. The van der Waals surface area contributed by atoms with Gasteiger partial charge in [-0.25, -0.2) is 0 Å². The van der Waals surface area contributed by atoms with Crippen LogP contribution >= 0.6 is 11.3 Å². The van der Waals surface area contributed by atoms with E-state index in [4.69, 9.17) is 4.74 Å². The minimum absolute atomic E-state index is 0.0278. The number of likely N-dealkylation sites (N-methyl/N-ethyl adjacent to an activating group) is 1. The third kappa shape index (κ3) is 2.58. The van der Waals surface area contributed by atoms with E-state index in [1.165, 1.54) is 11.3 Å². The molecule has 0 aromatic carbocycles. The average Bonchev–Trinajstić information content (AvgIpc) is 3.01. The van der Waals surface area contributed by atoms with E-state index >= 15 is 0 Å². The van der Waals surface area contributed by atoms with Crippen LogP contribution in [0.1, 0.15) is 29.4 Å².